The summed E-state index contributed by atoms with van der Waals surface area (Å²) in [6.45, 7) is 6.20. The number of carbonyl (C=O) groups is 2. The summed E-state index contributed by atoms with van der Waals surface area (Å²) in [6.07, 6.45) is 7.66. The fourth-order valence-electron chi connectivity index (χ4n) is 3.38. The van der Waals surface area contributed by atoms with Crippen LogP contribution in [0.15, 0.2) is 12.1 Å². The van der Waals surface area contributed by atoms with Crippen LogP contribution in [0.1, 0.15) is 54.9 Å². The van der Waals surface area contributed by atoms with Gasteiger partial charge in [-0.05, 0) is 36.5 Å². The maximum absolute atomic E-state index is 12.6. The van der Waals surface area contributed by atoms with Crippen molar-refractivity contribution in [2.75, 3.05) is 0 Å². The molecule has 0 spiro atoms. The third kappa shape index (κ3) is 2.78. The van der Waals surface area contributed by atoms with Crippen LogP contribution in [0, 0.1) is 25.2 Å². The van der Waals surface area contributed by atoms with Gasteiger partial charge < -0.3 is 0 Å². The molecule has 2 unspecified atom stereocenters. The van der Waals surface area contributed by atoms with Gasteiger partial charge in [0.2, 0.25) is 0 Å². The normalized spacial score (nSPS) is 21.6. The van der Waals surface area contributed by atoms with Crippen molar-refractivity contribution in [3.05, 3.63) is 34.4 Å². The van der Waals surface area contributed by atoms with Gasteiger partial charge in [0.15, 0.2) is 5.78 Å². The maximum Gasteiger partial charge on any atom is 0.152 e. The molecule has 0 aliphatic heterocycles. The Morgan fingerprint density at radius 3 is 2.24 bits per heavy atom. The number of rotatable bonds is 4. The highest BCUT2D eigenvalue weighted by Crippen LogP contribution is 2.38. The second kappa shape index (κ2) is 6.26. The molecule has 1 aliphatic carbocycles. The highest BCUT2D eigenvalue weighted by Gasteiger charge is 2.42. The van der Waals surface area contributed by atoms with Gasteiger partial charge in [0, 0.05) is 18.8 Å². The van der Waals surface area contributed by atoms with E-state index in [1.165, 1.54) is 5.56 Å². The third-order valence-electron chi connectivity index (χ3n) is 4.37. The number of hydrogen-bond donors (Lipinski definition) is 0. The minimum Gasteiger partial charge on any atom is -0.298 e. The lowest BCUT2D eigenvalue weighted by atomic mass is 9.84. The van der Waals surface area contributed by atoms with E-state index in [9.17, 15) is 9.59 Å². The largest absolute Gasteiger partial charge is 0.298 e. The predicted molar refractivity (Wildman–Crippen MR) is 84.2 cm³/mol. The molecule has 0 amide bonds. The minimum atomic E-state index is -0.589. The third-order valence-corrected chi connectivity index (χ3v) is 4.37. The first-order chi connectivity index (χ1) is 10.0. The second-order valence-electron chi connectivity index (χ2n) is 5.81. The molecule has 1 aromatic carbocycles. The van der Waals surface area contributed by atoms with Gasteiger partial charge in [-0.2, -0.15) is 0 Å². The van der Waals surface area contributed by atoms with Crippen LogP contribution in [0.3, 0.4) is 0 Å². The van der Waals surface area contributed by atoms with Gasteiger partial charge in [-0.1, -0.05) is 31.5 Å². The summed E-state index contributed by atoms with van der Waals surface area (Å²) < 4.78 is 0. The van der Waals surface area contributed by atoms with Crippen molar-refractivity contribution in [1.82, 2.24) is 0 Å². The van der Waals surface area contributed by atoms with E-state index < -0.39 is 5.92 Å². The first-order valence-electron chi connectivity index (χ1n) is 7.65. The lowest BCUT2D eigenvalue weighted by molar-refractivity contribution is -0.124. The molecular weight excluding hydrogens is 260 g/mol. The van der Waals surface area contributed by atoms with E-state index in [0.717, 1.165) is 29.5 Å². The van der Waals surface area contributed by atoms with Crippen molar-refractivity contribution in [1.29, 1.82) is 0 Å². The van der Waals surface area contributed by atoms with Crippen LogP contribution in [-0.2, 0) is 22.4 Å². The smallest absolute Gasteiger partial charge is 0.152 e. The van der Waals surface area contributed by atoms with Crippen molar-refractivity contribution >= 4 is 11.6 Å². The molecule has 0 heterocycles. The van der Waals surface area contributed by atoms with E-state index in [0.29, 0.717) is 12.8 Å². The summed E-state index contributed by atoms with van der Waals surface area (Å²) in [5, 5.41) is 0. The molecule has 2 nitrogen and oxygen atoms in total. The summed E-state index contributed by atoms with van der Waals surface area (Å²) in [4.78, 5) is 25.0. The number of carbonyl (C=O) groups excluding carboxylic acids is 2. The monoisotopic (exact) mass is 282 g/mol. The Kier molecular flexibility index (Phi) is 4.63. The van der Waals surface area contributed by atoms with Gasteiger partial charge in [-0.15, -0.1) is 12.3 Å². The Morgan fingerprint density at radius 1 is 1.19 bits per heavy atom. The summed E-state index contributed by atoms with van der Waals surface area (Å²) >= 11 is 0. The zero-order chi connectivity index (χ0) is 15.6. The van der Waals surface area contributed by atoms with Crippen LogP contribution in [0.4, 0.5) is 0 Å². The first-order valence-corrected chi connectivity index (χ1v) is 7.65. The molecule has 2 atom stereocenters. The van der Waals surface area contributed by atoms with Crippen LogP contribution >= 0.6 is 0 Å². The molecular formula is C19H22O2. The second-order valence-corrected chi connectivity index (χ2v) is 5.81. The number of Topliss-reactive ketones (excluding diaryl/α,β-unsaturated/α-hetero) is 2. The standard InChI is InChI=1S/C19H22O2/c1-5-8-15-11-16(20)18(19(15)21)17-13(6-2)9-12(4)10-14(17)7-3/h1,9-10,15,18H,6-8,11H2,2-4H3. The van der Waals surface area contributed by atoms with Gasteiger partial charge in [0.25, 0.3) is 0 Å². The van der Waals surface area contributed by atoms with E-state index in [2.05, 4.69) is 38.8 Å². The van der Waals surface area contributed by atoms with Crippen molar-refractivity contribution in [2.24, 2.45) is 5.92 Å². The zero-order valence-corrected chi connectivity index (χ0v) is 13.0. The Balaban J connectivity index is 2.53. The molecule has 1 fully saturated rings. The molecule has 2 heteroatoms. The van der Waals surface area contributed by atoms with Crippen LogP contribution in [-0.4, -0.2) is 11.6 Å². The summed E-state index contributed by atoms with van der Waals surface area (Å²) in [7, 11) is 0. The molecule has 2 rings (SSSR count). The van der Waals surface area contributed by atoms with Crippen LogP contribution in [0.5, 0.6) is 0 Å². The van der Waals surface area contributed by atoms with Gasteiger partial charge in [0.05, 0.1) is 0 Å². The number of ketones is 2. The van der Waals surface area contributed by atoms with Gasteiger partial charge in [-0.25, -0.2) is 0 Å². The first kappa shape index (κ1) is 15.5. The molecule has 0 saturated heterocycles. The number of terminal acetylenes is 1. The van der Waals surface area contributed by atoms with Crippen molar-refractivity contribution < 1.29 is 9.59 Å². The molecule has 0 bridgehead atoms. The Hall–Kier alpha value is -1.88. The molecule has 1 aromatic rings. The highest BCUT2D eigenvalue weighted by molar-refractivity contribution is 6.15. The molecule has 0 aromatic heterocycles. The molecule has 0 N–H and O–H groups in total. The quantitative estimate of drug-likeness (QED) is 0.626. The van der Waals surface area contributed by atoms with E-state index in [4.69, 9.17) is 6.42 Å². The van der Waals surface area contributed by atoms with Crippen LogP contribution < -0.4 is 0 Å². The number of aryl methyl sites for hydroxylation is 3. The van der Waals surface area contributed by atoms with Crippen molar-refractivity contribution in [2.45, 2.75) is 52.4 Å². The van der Waals surface area contributed by atoms with Gasteiger partial charge >= 0.3 is 0 Å². The Bertz CT molecular complexity index is 594. The van der Waals surface area contributed by atoms with Gasteiger partial charge in [0.1, 0.15) is 11.7 Å². The minimum absolute atomic E-state index is 0.0196. The Morgan fingerprint density at radius 2 is 1.76 bits per heavy atom. The molecule has 1 aliphatic rings. The molecule has 21 heavy (non-hydrogen) atoms. The molecule has 0 radical (unpaired) electrons. The van der Waals surface area contributed by atoms with E-state index in [1.54, 1.807) is 0 Å². The van der Waals surface area contributed by atoms with E-state index in [-0.39, 0.29) is 17.5 Å². The zero-order valence-electron chi connectivity index (χ0n) is 13.0. The van der Waals surface area contributed by atoms with E-state index >= 15 is 0 Å². The van der Waals surface area contributed by atoms with Crippen molar-refractivity contribution in [3.8, 4) is 12.3 Å². The topological polar surface area (TPSA) is 34.1 Å². The number of hydrogen-bond acceptors (Lipinski definition) is 2. The fourth-order valence-corrected chi connectivity index (χ4v) is 3.38. The lowest BCUT2D eigenvalue weighted by Crippen LogP contribution is -2.19. The summed E-state index contributed by atoms with van der Waals surface area (Å²) in [5.74, 6) is 1.70. The lowest BCUT2D eigenvalue weighted by Gasteiger charge is -2.19. The van der Waals surface area contributed by atoms with Gasteiger partial charge in [-0.3, -0.25) is 9.59 Å². The average Bonchev–Trinajstić information content (AvgIpc) is 2.73. The fraction of sp³-hybridized carbons (Fsp3) is 0.474. The van der Waals surface area contributed by atoms with Crippen molar-refractivity contribution in [3.63, 3.8) is 0 Å². The summed E-state index contributed by atoms with van der Waals surface area (Å²) in [5.41, 5.74) is 4.39. The predicted octanol–water partition coefficient (Wildman–Crippen LogP) is 3.38. The molecule has 1 saturated carbocycles. The molecule has 110 valence electrons. The van der Waals surface area contributed by atoms with Crippen LogP contribution in [0.25, 0.3) is 0 Å². The summed E-state index contributed by atoms with van der Waals surface area (Å²) in [6, 6.07) is 4.20. The maximum atomic E-state index is 12.6. The SMILES string of the molecule is C#CCC1CC(=O)C(c2c(CC)cc(C)cc2CC)C1=O. The number of benzene rings is 1. The average molecular weight is 282 g/mol. The highest BCUT2D eigenvalue weighted by atomic mass is 16.2. The van der Waals surface area contributed by atoms with E-state index in [1.807, 2.05) is 0 Å². The van der Waals surface area contributed by atoms with Crippen LogP contribution in [0.2, 0.25) is 0 Å². The Labute approximate surface area is 126 Å².